The van der Waals surface area contributed by atoms with Gasteiger partial charge in [-0.1, -0.05) is 32.9 Å². The fourth-order valence-electron chi connectivity index (χ4n) is 4.21. The van der Waals surface area contributed by atoms with Crippen molar-refractivity contribution >= 4 is 17.5 Å². The van der Waals surface area contributed by atoms with Gasteiger partial charge in [0.25, 0.3) is 0 Å². The molecule has 0 aliphatic heterocycles. The van der Waals surface area contributed by atoms with E-state index in [2.05, 4.69) is 5.32 Å². The summed E-state index contributed by atoms with van der Waals surface area (Å²) in [4.78, 5) is 37.7. The number of ketones is 2. The van der Waals surface area contributed by atoms with E-state index in [1.165, 1.54) is 12.1 Å². The first-order valence-corrected chi connectivity index (χ1v) is 7.79. The van der Waals surface area contributed by atoms with E-state index in [-0.39, 0.29) is 12.4 Å². The zero-order valence-corrected chi connectivity index (χ0v) is 13.5. The topological polar surface area (TPSA) is 63.2 Å². The molecule has 2 saturated carbocycles. The van der Waals surface area contributed by atoms with Gasteiger partial charge >= 0.3 is 0 Å². The third-order valence-electron chi connectivity index (χ3n) is 6.30. The smallest absolute Gasteiger partial charge is 0.235 e. The average Bonchev–Trinajstić information content (AvgIpc) is 2.78. The van der Waals surface area contributed by atoms with E-state index in [1.807, 2.05) is 13.8 Å². The SMILES string of the molecule is CC1(C)[C@@]2(C(=O)NCc3ccc(F)cc3)CC[C@@]1(C)C(=O)C2=O. The van der Waals surface area contributed by atoms with Gasteiger partial charge in [-0.3, -0.25) is 14.4 Å². The first kappa shape index (κ1) is 15.8. The first-order chi connectivity index (χ1) is 10.7. The van der Waals surface area contributed by atoms with Crippen molar-refractivity contribution in [3.63, 3.8) is 0 Å². The molecule has 0 unspecified atom stereocenters. The van der Waals surface area contributed by atoms with Gasteiger partial charge in [-0.2, -0.15) is 0 Å². The molecule has 0 heterocycles. The summed E-state index contributed by atoms with van der Waals surface area (Å²) in [6.07, 6.45) is 0.949. The molecule has 0 saturated heterocycles. The van der Waals surface area contributed by atoms with Gasteiger partial charge in [0.2, 0.25) is 17.5 Å². The molecule has 122 valence electrons. The number of nitrogens with one attached hydrogen (secondary N) is 1. The second kappa shape index (κ2) is 4.73. The molecule has 5 heteroatoms. The first-order valence-electron chi connectivity index (χ1n) is 7.79. The summed E-state index contributed by atoms with van der Waals surface area (Å²) in [7, 11) is 0. The second-order valence-corrected chi connectivity index (χ2v) is 7.33. The molecule has 2 aliphatic rings. The Hall–Kier alpha value is -2.04. The van der Waals surface area contributed by atoms with Crippen LogP contribution in [0.4, 0.5) is 4.39 Å². The third kappa shape index (κ3) is 1.79. The summed E-state index contributed by atoms with van der Waals surface area (Å²) >= 11 is 0. The van der Waals surface area contributed by atoms with Crippen molar-refractivity contribution in [3.05, 3.63) is 35.6 Å². The highest BCUT2D eigenvalue weighted by Gasteiger charge is 2.77. The van der Waals surface area contributed by atoms with Gasteiger partial charge in [-0.25, -0.2) is 4.39 Å². The quantitative estimate of drug-likeness (QED) is 0.688. The van der Waals surface area contributed by atoms with Crippen molar-refractivity contribution in [1.82, 2.24) is 5.32 Å². The highest BCUT2D eigenvalue weighted by molar-refractivity contribution is 6.48. The molecule has 1 aromatic carbocycles. The van der Waals surface area contributed by atoms with E-state index in [4.69, 9.17) is 0 Å². The number of rotatable bonds is 3. The number of fused-ring (bicyclic) bond motifs is 2. The summed E-state index contributed by atoms with van der Waals surface area (Å²) in [6.45, 7) is 5.66. The summed E-state index contributed by atoms with van der Waals surface area (Å²) < 4.78 is 12.9. The third-order valence-corrected chi connectivity index (χ3v) is 6.30. The Kier molecular flexibility index (Phi) is 3.26. The molecule has 1 N–H and O–H groups in total. The molecule has 3 rings (SSSR count). The van der Waals surface area contributed by atoms with Crippen LogP contribution in [-0.4, -0.2) is 17.5 Å². The molecule has 1 amide bonds. The van der Waals surface area contributed by atoms with Gasteiger partial charge < -0.3 is 5.32 Å². The summed E-state index contributed by atoms with van der Waals surface area (Å²) in [5, 5.41) is 2.77. The maximum Gasteiger partial charge on any atom is 0.235 e. The van der Waals surface area contributed by atoms with Crippen molar-refractivity contribution in [2.45, 2.75) is 40.2 Å². The molecule has 0 spiro atoms. The van der Waals surface area contributed by atoms with E-state index in [0.29, 0.717) is 12.8 Å². The van der Waals surface area contributed by atoms with Crippen LogP contribution in [0.25, 0.3) is 0 Å². The number of amides is 1. The molecule has 0 aromatic heterocycles. The maximum absolute atomic E-state index is 12.9. The molecule has 4 nitrogen and oxygen atoms in total. The highest BCUT2D eigenvalue weighted by atomic mass is 19.1. The average molecular weight is 317 g/mol. The molecular formula is C18H20FNO3. The number of Topliss-reactive ketones (excluding diaryl/α,β-unsaturated/α-hetero) is 2. The van der Waals surface area contributed by atoms with Gasteiger partial charge in [-0.15, -0.1) is 0 Å². The molecule has 2 atom stereocenters. The molecule has 2 aliphatic carbocycles. The summed E-state index contributed by atoms with van der Waals surface area (Å²) in [5.74, 6) is -1.73. The van der Waals surface area contributed by atoms with Crippen molar-refractivity contribution < 1.29 is 18.8 Å². The van der Waals surface area contributed by atoms with E-state index >= 15 is 0 Å². The molecular weight excluding hydrogens is 297 g/mol. The lowest BCUT2D eigenvalue weighted by molar-refractivity contribution is -0.149. The summed E-state index contributed by atoms with van der Waals surface area (Å²) in [5.41, 5.74) is -2.01. The Balaban J connectivity index is 1.85. The lowest BCUT2D eigenvalue weighted by Crippen LogP contribution is -2.50. The Morgan fingerprint density at radius 1 is 1.09 bits per heavy atom. The number of carbonyl (C=O) groups is 3. The predicted molar refractivity (Wildman–Crippen MR) is 81.8 cm³/mol. The van der Waals surface area contributed by atoms with Crippen molar-refractivity contribution in [2.24, 2.45) is 16.2 Å². The monoisotopic (exact) mass is 317 g/mol. The van der Waals surface area contributed by atoms with Crippen LogP contribution in [0, 0.1) is 22.1 Å². The maximum atomic E-state index is 12.9. The van der Waals surface area contributed by atoms with Gasteiger partial charge in [-0.05, 0) is 36.0 Å². The van der Waals surface area contributed by atoms with Crippen LogP contribution in [0.15, 0.2) is 24.3 Å². The van der Waals surface area contributed by atoms with Crippen LogP contribution in [0.2, 0.25) is 0 Å². The van der Waals surface area contributed by atoms with Gasteiger partial charge in [0.15, 0.2) is 0 Å². The van der Waals surface area contributed by atoms with Crippen LogP contribution in [0.5, 0.6) is 0 Å². The molecule has 2 fully saturated rings. The lowest BCUT2D eigenvalue weighted by atomic mass is 9.64. The van der Waals surface area contributed by atoms with Gasteiger partial charge in [0.1, 0.15) is 11.2 Å². The number of halogens is 1. The zero-order chi connectivity index (χ0) is 17.0. The minimum absolute atomic E-state index is 0.204. The molecule has 0 radical (unpaired) electrons. The number of hydrogen-bond donors (Lipinski definition) is 1. The molecule has 1 aromatic rings. The Bertz CT molecular complexity index is 709. The van der Waals surface area contributed by atoms with E-state index in [0.717, 1.165) is 5.56 Å². The highest BCUT2D eigenvalue weighted by Crippen LogP contribution is 2.68. The van der Waals surface area contributed by atoms with Crippen molar-refractivity contribution in [2.75, 3.05) is 0 Å². The number of hydrogen-bond acceptors (Lipinski definition) is 3. The normalized spacial score (nSPS) is 31.5. The lowest BCUT2D eigenvalue weighted by Gasteiger charge is -2.37. The Labute approximate surface area is 134 Å². The van der Waals surface area contributed by atoms with Crippen LogP contribution in [0.1, 0.15) is 39.2 Å². The minimum Gasteiger partial charge on any atom is -0.351 e. The number of benzene rings is 1. The largest absolute Gasteiger partial charge is 0.351 e. The van der Waals surface area contributed by atoms with Crippen molar-refractivity contribution in [1.29, 1.82) is 0 Å². The van der Waals surface area contributed by atoms with Gasteiger partial charge in [0.05, 0.1) is 0 Å². The fraction of sp³-hybridized carbons (Fsp3) is 0.500. The van der Waals surface area contributed by atoms with Crippen molar-refractivity contribution in [3.8, 4) is 0 Å². The van der Waals surface area contributed by atoms with E-state index in [9.17, 15) is 18.8 Å². The minimum atomic E-state index is -1.28. The van der Waals surface area contributed by atoms with Gasteiger partial charge in [0, 0.05) is 12.0 Å². The van der Waals surface area contributed by atoms with E-state index < -0.39 is 33.7 Å². The van der Waals surface area contributed by atoms with Crippen LogP contribution in [-0.2, 0) is 20.9 Å². The van der Waals surface area contributed by atoms with Crippen LogP contribution in [0.3, 0.4) is 0 Å². The molecule has 23 heavy (non-hydrogen) atoms. The van der Waals surface area contributed by atoms with Crippen LogP contribution < -0.4 is 5.32 Å². The summed E-state index contributed by atoms with van der Waals surface area (Å²) in [6, 6.07) is 5.80. The Morgan fingerprint density at radius 2 is 1.70 bits per heavy atom. The van der Waals surface area contributed by atoms with Crippen LogP contribution >= 0.6 is 0 Å². The Morgan fingerprint density at radius 3 is 2.22 bits per heavy atom. The van der Waals surface area contributed by atoms with E-state index in [1.54, 1.807) is 19.1 Å². The zero-order valence-electron chi connectivity index (χ0n) is 13.5. The molecule has 2 bridgehead atoms. The fourth-order valence-corrected chi connectivity index (χ4v) is 4.21. The second-order valence-electron chi connectivity index (χ2n) is 7.33. The predicted octanol–water partition coefficient (Wildman–Crippen LogP) is 2.41. The standard InChI is InChI=1S/C18H20FNO3/c1-16(2)17(3)8-9-18(16,14(22)13(17)21)15(23)20-10-11-4-6-12(19)7-5-11/h4-7H,8-10H2,1-3H3,(H,20,23)/t17-,18-/m0/s1. The number of carbonyl (C=O) groups excluding carboxylic acids is 3.